The van der Waals surface area contributed by atoms with Gasteiger partial charge in [-0.15, -0.1) is 0 Å². The average molecular weight is 318 g/mol. The molecule has 1 saturated carbocycles. The van der Waals surface area contributed by atoms with E-state index in [4.69, 9.17) is 5.41 Å². The zero-order valence-corrected chi connectivity index (χ0v) is 14.8. The minimum Gasteiger partial charge on any atom is -0.248 e. The van der Waals surface area contributed by atoms with Crippen LogP contribution in [0.5, 0.6) is 0 Å². The van der Waals surface area contributed by atoms with Crippen LogP contribution < -0.4 is 0 Å². The Hall–Kier alpha value is -0.980. The van der Waals surface area contributed by atoms with Crippen molar-refractivity contribution >= 4 is 17.4 Å². The second kappa shape index (κ2) is 12.6. The minimum absolute atomic E-state index is 0.845. The zero-order chi connectivity index (χ0) is 16.0. The predicted molar refractivity (Wildman–Crippen MR) is 99.8 cm³/mol. The van der Waals surface area contributed by atoms with Crippen molar-refractivity contribution in [2.45, 2.75) is 77.0 Å². The molecule has 1 aromatic rings. The Morgan fingerprint density at radius 3 is 2.18 bits per heavy atom. The molecular formula is C20H31NS. The lowest BCUT2D eigenvalue weighted by molar-refractivity contribution is 0.302. The van der Waals surface area contributed by atoms with Crippen molar-refractivity contribution in [3.63, 3.8) is 0 Å². The van der Waals surface area contributed by atoms with Gasteiger partial charge in [0, 0.05) is 0 Å². The summed E-state index contributed by atoms with van der Waals surface area (Å²) in [5.74, 6) is 1.87. The molecule has 22 heavy (non-hydrogen) atoms. The standard InChI is InChI=1S/C19H30.CHNS/c1-2-3-4-5-7-10-17-13-15-19(16-14-17)18-11-8-6-9-12-18;2-1-3/h6,8-9,11-12,17,19H,2-5,7,10,13-16H2,1H3;2H. The Morgan fingerprint density at radius 1 is 1.00 bits per heavy atom. The largest absolute Gasteiger partial charge is 0.248 e. The maximum Gasteiger partial charge on any atom is 0.0554 e. The Labute approximate surface area is 142 Å². The lowest BCUT2D eigenvalue weighted by Gasteiger charge is -2.28. The van der Waals surface area contributed by atoms with Crippen LogP contribution >= 0.6 is 12.2 Å². The van der Waals surface area contributed by atoms with Crippen molar-refractivity contribution in [1.82, 2.24) is 0 Å². The van der Waals surface area contributed by atoms with E-state index in [0.29, 0.717) is 0 Å². The summed E-state index contributed by atoms with van der Waals surface area (Å²) in [5.41, 5.74) is 1.57. The Balaban J connectivity index is 0.000000745. The number of rotatable bonds is 7. The van der Waals surface area contributed by atoms with Gasteiger partial charge in [-0.3, -0.25) is 0 Å². The highest BCUT2D eigenvalue weighted by atomic mass is 32.1. The minimum atomic E-state index is 0.845. The maximum absolute atomic E-state index is 5.77. The average Bonchev–Trinajstić information content (AvgIpc) is 2.57. The van der Waals surface area contributed by atoms with Gasteiger partial charge in [-0.1, -0.05) is 75.8 Å². The molecule has 0 aliphatic heterocycles. The van der Waals surface area contributed by atoms with Crippen molar-refractivity contribution in [3.8, 4) is 0 Å². The maximum atomic E-state index is 5.77. The Kier molecular flexibility index (Phi) is 10.9. The zero-order valence-electron chi connectivity index (χ0n) is 14.0. The molecule has 122 valence electrons. The second-order valence-electron chi connectivity index (χ2n) is 6.43. The molecule has 0 heterocycles. The number of unbranched alkanes of at least 4 members (excludes halogenated alkanes) is 4. The number of benzene rings is 1. The van der Waals surface area contributed by atoms with E-state index in [1.165, 1.54) is 64.2 Å². The van der Waals surface area contributed by atoms with E-state index in [-0.39, 0.29) is 0 Å². The quantitative estimate of drug-likeness (QED) is 0.327. The van der Waals surface area contributed by atoms with E-state index in [2.05, 4.69) is 49.5 Å². The lowest BCUT2D eigenvalue weighted by Crippen LogP contribution is -2.13. The van der Waals surface area contributed by atoms with Crippen LogP contribution in [0.3, 0.4) is 0 Å². The monoisotopic (exact) mass is 317 g/mol. The fourth-order valence-corrected chi connectivity index (χ4v) is 3.55. The molecule has 1 aromatic carbocycles. The third kappa shape index (κ3) is 7.87. The van der Waals surface area contributed by atoms with E-state index in [9.17, 15) is 0 Å². The number of nitrogens with one attached hydrogen (secondary N) is 1. The summed E-state index contributed by atoms with van der Waals surface area (Å²) < 4.78 is 0. The van der Waals surface area contributed by atoms with Crippen LogP contribution in [0, 0.1) is 11.3 Å². The Bertz CT molecular complexity index is 401. The molecule has 0 saturated heterocycles. The summed E-state index contributed by atoms with van der Waals surface area (Å²) >= 11 is 3.81. The van der Waals surface area contributed by atoms with Gasteiger partial charge in [0.2, 0.25) is 0 Å². The second-order valence-corrected chi connectivity index (χ2v) is 6.64. The van der Waals surface area contributed by atoms with E-state index < -0.39 is 0 Å². The van der Waals surface area contributed by atoms with Crippen LogP contribution in [0.15, 0.2) is 30.3 Å². The summed E-state index contributed by atoms with van der Waals surface area (Å²) in [5, 5.41) is 7.36. The van der Waals surface area contributed by atoms with Gasteiger partial charge in [-0.05, 0) is 55.3 Å². The molecule has 0 spiro atoms. The number of hydrogen-bond acceptors (Lipinski definition) is 2. The highest BCUT2D eigenvalue weighted by molar-refractivity contribution is 7.78. The van der Waals surface area contributed by atoms with E-state index in [1.807, 2.05) is 0 Å². The Morgan fingerprint density at radius 2 is 1.59 bits per heavy atom. The molecule has 0 aromatic heterocycles. The molecular weight excluding hydrogens is 286 g/mol. The number of isothiocyanates is 1. The number of thiocarbonyl (C=S) groups is 1. The van der Waals surface area contributed by atoms with Crippen LogP contribution in [-0.4, -0.2) is 5.16 Å². The molecule has 0 unspecified atom stereocenters. The molecule has 0 amide bonds. The van der Waals surface area contributed by atoms with Gasteiger partial charge in [-0.2, -0.15) is 0 Å². The first-order chi connectivity index (χ1) is 10.8. The molecule has 0 bridgehead atoms. The summed E-state index contributed by atoms with van der Waals surface area (Å²) in [6.07, 6.45) is 14.4. The van der Waals surface area contributed by atoms with Crippen molar-refractivity contribution < 1.29 is 0 Å². The van der Waals surface area contributed by atoms with Gasteiger partial charge in [0.05, 0.1) is 5.16 Å². The highest BCUT2D eigenvalue weighted by Gasteiger charge is 2.21. The smallest absolute Gasteiger partial charge is 0.0554 e. The van der Waals surface area contributed by atoms with Gasteiger partial charge in [0.25, 0.3) is 0 Å². The highest BCUT2D eigenvalue weighted by Crippen LogP contribution is 2.37. The summed E-state index contributed by atoms with van der Waals surface area (Å²) in [6.45, 7) is 2.30. The molecule has 1 N–H and O–H groups in total. The first kappa shape index (κ1) is 19.1. The summed E-state index contributed by atoms with van der Waals surface area (Å²) in [6, 6.07) is 11.1. The third-order valence-electron chi connectivity index (χ3n) is 4.83. The van der Waals surface area contributed by atoms with Crippen LogP contribution in [0.2, 0.25) is 0 Å². The van der Waals surface area contributed by atoms with Crippen molar-refractivity contribution in [2.75, 3.05) is 0 Å². The van der Waals surface area contributed by atoms with Gasteiger partial charge in [0.1, 0.15) is 0 Å². The normalized spacial score (nSPS) is 20.6. The van der Waals surface area contributed by atoms with Crippen molar-refractivity contribution in [2.24, 2.45) is 5.92 Å². The third-order valence-corrected chi connectivity index (χ3v) is 4.83. The number of hydrogen-bond donors (Lipinski definition) is 1. The SMILES string of the molecule is CCCCCCCC1CCC(c2ccccc2)CC1.N=C=S. The molecule has 1 nitrogen and oxygen atoms in total. The van der Waals surface area contributed by atoms with Crippen molar-refractivity contribution in [3.05, 3.63) is 35.9 Å². The van der Waals surface area contributed by atoms with Gasteiger partial charge in [-0.25, -0.2) is 5.41 Å². The van der Waals surface area contributed by atoms with Gasteiger partial charge < -0.3 is 0 Å². The fraction of sp³-hybridized carbons (Fsp3) is 0.650. The van der Waals surface area contributed by atoms with Crippen LogP contribution in [0.4, 0.5) is 0 Å². The summed E-state index contributed by atoms with van der Waals surface area (Å²) in [4.78, 5) is 0. The molecule has 1 fully saturated rings. The van der Waals surface area contributed by atoms with Crippen LogP contribution in [0.1, 0.15) is 82.6 Å². The topological polar surface area (TPSA) is 23.9 Å². The van der Waals surface area contributed by atoms with Crippen LogP contribution in [-0.2, 0) is 0 Å². The molecule has 1 aliphatic carbocycles. The molecule has 0 radical (unpaired) electrons. The summed E-state index contributed by atoms with van der Waals surface area (Å²) in [7, 11) is 0. The molecule has 2 heteroatoms. The molecule has 1 aliphatic rings. The van der Waals surface area contributed by atoms with Gasteiger partial charge >= 0.3 is 0 Å². The fourth-order valence-electron chi connectivity index (χ4n) is 3.55. The van der Waals surface area contributed by atoms with Crippen LogP contribution in [0.25, 0.3) is 0 Å². The van der Waals surface area contributed by atoms with Crippen molar-refractivity contribution in [1.29, 1.82) is 5.41 Å². The molecule has 2 rings (SSSR count). The first-order valence-corrected chi connectivity index (χ1v) is 9.31. The molecule has 0 atom stereocenters. The predicted octanol–water partition coefficient (Wildman–Crippen LogP) is 6.99. The first-order valence-electron chi connectivity index (χ1n) is 8.90. The van der Waals surface area contributed by atoms with E-state index in [0.717, 1.165) is 11.8 Å². The van der Waals surface area contributed by atoms with E-state index in [1.54, 1.807) is 10.7 Å². The lowest BCUT2D eigenvalue weighted by atomic mass is 9.77. The van der Waals surface area contributed by atoms with Gasteiger partial charge in [0.15, 0.2) is 0 Å². The van der Waals surface area contributed by atoms with E-state index >= 15 is 0 Å².